The molecule has 0 aliphatic carbocycles. The molecule has 1 heterocycles. The second-order valence-corrected chi connectivity index (χ2v) is 3.99. The Morgan fingerprint density at radius 3 is 2.50 bits per heavy atom. The Labute approximate surface area is 113 Å². The fourth-order valence-corrected chi connectivity index (χ4v) is 1.95. The first kappa shape index (κ1) is 13.5. The number of methoxy groups -OCH3 is 1. The second kappa shape index (κ2) is 5.39. The Morgan fingerprint density at radius 2 is 1.90 bits per heavy atom. The number of ether oxygens (including phenoxy) is 1. The topological polar surface area (TPSA) is 108 Å². The third-order valence-electron chi connectivity index (χ3n) is 2.86. The van der Waals surface area contributed by atoms with Crippen LogP contribution in [0.4, 0.5) is 0 Å². The van der Waals surface area contributed by atoms with E-state index < -0.39 is 15.9 Å². The van der Waals surface area contributed by atoms with E-state index in [2.05, 4.69) is 5.32 Å². The summed E-state index contributed by atoms with van der Waals surface area (Å²) in [5.74, 6) is 0.468. The molecule has 0 aromatic heterocycles. The third-order valence-corrected chi connectivity index (χ3v) is 2.86. The molecule has 0 saturated heterocycles. The molecule has 0 unspecified atom stereocenters. The van der Waals surface area contributed by atoms with Gasteiger partial charge in [-0.25, -0.2) is 0 Å². The van der Waals surface area contributed by atoms with E-state index in [1.165, 1.54) is 7.11 Å². The molecule has 8 heteroatoms. The first-order valence-corrected chi connectivity index (χ1v) is 5.64. The van der Waals surface area contributed by atoms with Gasteiger partial charge in [-0.2, -0.15) is 0 Å². The van der Waals surface area contributed by atoms with E-state index in [9.17, 15) is 20.2 Å². The molecule has 1 aromatic carbocycles. The quantitative estimate of drug-likeness (QED) is 0.661. The van der Waals surface area contributed by atoms with Crippen molar-refractivity contribution < 1.29 is 14.6 Å². The molecular formula is C12H11N3O5. The van der Waals surface area contributed by atoms with Gasteiger partial charge in [-0.15, -0.1) is 0 Å². The zero-order valence-electron chi connectivity index (χ0n) is 10.5. The van der Waals surface area contributed by atoms with Crippen LogP contribution < -0.4 is 10.1 Å². The Morgan fingerprint density at radius 1 is 1.20 bits per heavy atom. The SMILES string of the molecule is COc1ccccc1[C@@H]1NC=C([N+](=O)[O-])C=C1[N+](=O)[O-]. The van der Waals surface area contributed by atoms with Gasteiger partial charge >= 0.3 is 0 Å². The van der Waals surface area contributed by atoms with Gasteiger partial charge in [-0.05, 0) is 6.07 Å². The fraction of sp³-hybridized carbons (Fsp3) is 0.167. The molecule has 2 rings (SSSR count). The molecule has 104 valence electrons. The smallest absolute Gasteiger partial charge is 0.291 e. The van der Waals surface area contributed by atoms with E-state index in [0.29, 0.717) is 11.3 Å². The van der Waals surface area contributed by atoms with Crippen molar-refractivity contribution in [3.63, 3.8) is 0 Å². The summed E-state index contributed by atoms with van der Waals surface area (Å²) >= 11 is 0. The Hall–Kier alpha value is -2.90. The predicted molar refractivity (Wildman–Crippen MR) is 69.0 cm³/mol. The van der Waals surface area contributed by atoms with Crippen LogP contribution in [-0.2, 0) is 0 Å². The van der Waals surface area contributed by atoms with Crippen LogP contribution in [0.25, 0.3) is 0 Å². The summed E-state index contributed by atoms with van der Waals surface area (Å²) in [4.78, 5) is 20.5. The van der Waals surface area contributed by atoms with E-state index in [-0.39, 0.29) is 11.4 Å². The van der Waals surface area contributed by atoms with Crippen molar-refractivity contribution in [2.24, 2.45) is 0 Å². The Bertz CT molecular complexity index is 623. The van der Waals surface area contributed by atoms with Gasteiger partial charge in [0.05, 0.1) is 29.2 Å². The predicted octanol–water partition coefficient (Wildman–Crippen LogP) is 1.62. The molecule has 0 radical (unpaired) electrons. The lowest BCUT2D eigenvalue weighted by molar-refractivity contribution is -0.441. The summed E-state index contributed by atoms with van der Waals surface area (Å²) in [6, 6.07) is 5.98. The number of para-hydroxylation sites is 1. The van der Waals surface area contributed by atoms with Gasteiger partial charge in [0.2, 0.25) is 0 Å². The van der Waals surface area contributed by atoms with Gasteiger partial charge in [-0.1, -0.05) is 18.2 Å². The standard InChI is InChI=1S/C12H11N3O5/c1-20-11-5-3-2-4-9(11)12-10(15(18)19)6-8(7-13-12)14(16)17/h2-7,12-13H,1H3/t12-/m0/s1. The minimum Gasteiger partial charge on any atom is -0.496 e. The van der Waals surface area contributed by atoms with Crippen molar-refractivity contribution in [1.29, 1.82) is 0 Å². The van der Waals surface area contributed by atoms with Crippen molar-refractivity contribution in [2.75, 3.05) is 7.11 Å². The molecule has 0 spiro atoms. The van der Waals surface area contributed by atoms with Crippen LogP contribution in [0, 0.1) is 20.2 Å². The highest BCUT2D eigenvalue weighted by atomic mass is 16.6. The van der Waals surface area contributed by atoms with Gasteiger partial charge in [0, 0.05) is 5.56 Å². The minimum absolute atomic E-state index is 0.302. The summed E-state index contributed by atoms with van der Waals surface area (Å²) in [6.07, 6.45) is 2.09. The fourth-order valence-electron chi connectivity index (χ4n) is 1.95. The third kappa shape index (κ3) is 2.44. The number of nitrogens with zero attached hydrogens (tertiary/aromatic N) is 2. The number of benzene rings is 1. The molecule has 0 saturated carbocycles. The first-order chi connectivity index (χ1) is 9.54. The number of rotatable bonds is 4. The minimum atomic E-state index is -0.801. The zero-order valence-corrected chi connectivity index (χ0v) is 10.5. The number of hydrogen-bond donors (Lipinski definition) is 1. The monoisotopic (exact) mass is 277 g/mol. The van der Waals surface area contributed by atoms with Crippen LogP contribution in [0.1, 0.15) is 11.6 Å². The van der Waals surface area contributed by atoms with Gasteiger partial charge in [0.1, 0.15) is 11.8 Å². The highest BCUT2D eigenvalue weighted by molar-refractivity contribution is 5.41. The molecule has 20 heavy (non-hydrogen) atoms. The Balaban J connectivity index is 2.46. The van der Waals surface area contributed by atoms with E-state index in [1.807, 2.05) is 0 Å². The number of allylic oxidation sites excluding steroid dienone is 1. The van der Waals surface area contributed by atoms with Gasteiger partial charge < -0.3 is 10.1 Å². The van der Waals surface area contributed by atoms with Crippen molar-refractivity contribution in [3.05, 3.63) is 73.7 Å². The normalized spacial score (nSPS) is 17.6. The average molecular weight is 277 g/mol. The molecule has 0 fully saturated rings. The summed E-state index contributed by atoms with van der Waals surface area (Å²) in [5, 5.41) is 24.5. The lowest BCUT2D eigenvalue weighted by Gasteiger charge is -2.19. The van der Waals surface area contributed by atoms with Crippen LogP contribution in [-0.4, -0.2) is 17.0 Å². The van der Waals surface area contributed by atoms with E-state index in [1.54, 1.807) is 24.3 Å². The van der Waals surface area contributed by atoms with Gasteiger partial charge in [0.25, 0.3) is 11.4 Å². The Kier molecular flexibility index (Phi) is 3.65. The molecule has 1 aliphatic rings. The van der Waals surface area contributed by atoms with Crippen molar-refractivity contribution in [3.8, 4) is 5.75 Å². The van der Waals surface area contributed by atoms with Crippen LogP contribution in [0.3, 0.4) is 0 Å². The molecule has 0 bridgehead atoms. The number of nitro groups is 2. The maximum atomic E-state index is 11.1. The summed E-state index contributed by atoms with van der Waals surface area (Å²) in [5.41, 5.74) is -0.122. The first-order valence-electron chi connectivity index (χ1n) is 5.64. The van der Waals surface area contributed by atoms with E-state index in [0.717, 1.165) is 12.3 Å². The maximum Gasteiger partial charge on any atom is 0.291 e. The highest BCUT2D eigenvalue weighted by Gasteiger charge is 2.33. The number of hydrogen-bond acceptors (Lipinski definition) is 6. The zero-order chi connectivity index (χ0) is 14.7. The van der Waals surface area contributed by atoms with Crippen LogP contribution in [0.15, 0.2) is 47.9 Å². The van der Waals surface area contributed by atoms with Crippen LogP contribution in [0.5, 0.6) is 5.75 Å². The molecule has 1 aromatic rings. The molecule has 1 N–H and O–H groups in total. The maximum absolute atomic E-state index is 11.1. The highest BCUT2D eigenvalue weighted by Crippen LogP contribution is 2.32. The average Bonchev–Trinajstić information content (AvgIpc) is 2.46. The van der Waals surface area contributed by atoms with Gasteiger partial charge in [0.15, 0.2) is 0 Å². The summed E-state index contributed by atoms with van der Waals surface area (Å²) < 4.78 is 5.16. The summed E-state index contributed by atoms with van der Waals surface area (Å²) in [7, 11) is 1.45. The lowest BCUT2D eigenvalue weighted by atomic mass is 10.0. The molecule has 8 nitrogen and oxygen atoms in total. The van der Waals surface area contributed by atoms with Crippen LogP contribution >= 0.6 is 0 Å². The largest absolute Gasteiger partial charge is 0.496 e. The number of dihydropyridines is 1. The molecule has 1 atom stereocenters. The molecule has 0 amide bonds. The van der Waals surface area contributed by atoms with Crippen molar-refractivity contribution in [2.45, 2.75) is 6.04 Å². The van der Waals surface area contributed by atoms with Crippen molar-refractivity contribution in [1.82, 2.24) is 5.32 Å². The van der Waals surface area contributed by atoms with Crippen molar-refractivity contribution >= 4 is 0 Å². The summed E-state index contributed by atoms with van der Waals surface area (Å²) in [6.45, 7) is 0. The van der Waals surface area contributed by atoms with Gasteiger partial charge in [-0.3, -0.25) is 20.2 Å². The molecule has 1 aliphatic heterocycles. The lowest BCUT2D eigenvalue weighted by Crippen LogP contribution is -2.27. The van der Waals surface area contributed by atoms with Crippen LogP contribution in [0.2, 0.25) is 0 Å². The second-order valence-electron chi connectivity index (χ2n) is 3.99. The van der Waals surface area contributed by atoms with E-state index in [4.69, 9.17) is 4.74 Å². The molecular weight excluding hydrogens is 266 g/mol. The number of nitrogens with one attached hydrogen (secondary N) is 1. The van der Waals surface area contributed by atoms with E-state index >= 15 is 0 Å².